The summed E-state index contributed by atoms with van der Waals surface area (Å²) in [6, 6.07) is 19.7. The summed E-state index contributed by atoms with van der Waals surface area (Å²) >= 11 is 0. The van der Waals surface area contributed by atoms with Gasteiger partial charge in [-0.2, -0.15) is 0 Å². The number of amides is 6. The van der Waals surface area contributed by atoms with E-state index in [2.05, 4.69) is 20.9 Å². The zero-order chi connectivity index (χ0) is 46.5. The maximum Gasteiger partial charge on any atom is 0.246 e. The van der Waals surface area contributed by atoms with Gasteiger partial charge in [0.2, 0.25) is 35.4 Å². The maximum absolute atomic E-state index is 14.9. The summed E-state index contributed by atoms with van der Waals surface area (Å²) in [7, 11) is 7.51. The lowest BCUT2D eigenvalue weighted by Gasteiger charge is -2.37. The smallest absolute Gasteiger partial charge is 0.246 e. The third-order valence-electron chi connectivity index (χ3n) is 12.4. The lowest BCUT2D eigenvalue weighted by Crippen LogP contribution is -2.62. The Bertz CT molecular complexity index is 2580. The zero-order valence-electron chi connectivity index (χ0n) is 37.5. The highest BCUT2D eigenvalue weighted by atomic mass is 16.5. The van der Waals surface area contributed by atoms with Crippen LogP contribution >= 0.6 is 0 Å². The van der Waals surface area contributed by atoms with Gasteiger partial charge in [0.15, 0.2) is 11.5 Å². The highest BCUT2D eigenvalue weighted by Crippen LogP contribution is 2.34. The average molecular weight is 886 g/mol. The molecule has 16 nitrogen and oxygen atoms in total. The van der Waals surface area contributed by atoms with Crippen molar-refractivity contribution in [3.8, 4) is 23.0 Å². The number of rotatable bonds is 6. The molecule has 4 heterocycles. The molecule has 3 aliphatic rings. The molecule has 1 saturated heterocycles. The number of H-pyrrole nitrogens is 1. The fraction of sp³-hybridized carbons (Fsp3) is 0.347. The van der Waals surface area contributed by atoms with Crippen molar-refractivity contribution in [2.75, 3.05) is 35.4 Å². The number of nitrogens with one attached hydrogen (secondary N) is 4. The molecule has 8 rings (SSSR count). The van der Waals surface area contributed by atoms with Crippen LogP contribution in [0.25, 0.3) is 10.9 Å². The number of ether oxygens (including phenoxy) is 3. The quantitative estimate of drug-likeness (QED) is 0.198. The van der Waals surface area contributed by atoms with Gasteiger partial charge in [-0.1, -0.05) is 48.5 Å². The number of carbonyl (C=O) groups is 6. The van der Waals surface area contributed by atoms with Crippen LogP contribution in [-0.2, 0) is 54.5 Å². The number of para-hydroxylation sites is 1. The Kier molecular flexibility index (Phi) is 13.8. The molecule has 1 fully saturated rings. The number of likely N-dealkylation sites (N-methyl/N-ethyl adjacent to an activating group) is 3. The van der Waals surface area contributed by atoms with E-state index in [9.17, 15) is 28.8 Å². The normalized spacial score (nSPS) is 22.7. The third-order valence-corrected chi connectivity index (χ3v) is 12.4. The van der Waals surface area contributed by atoms with Gasteiger partial charge in [0.25, 0.3) is 0 Å². The molecule has 340 valence electrons. The highest BCUT2D eigenvalue weighted by Gasteiger charge is 2.40. The van der Waals surface area contributed by atoms with Gasteiger partial charge in [0.1, 0.15) is 47.8 Å². The van der Waals surface area contributed by atoms with E-state index >= 15 is 0 Å². The summed E-state index contributed by atoms with van der Waals surface area (Å²) in [6.45, 7) is 3.01. The van der Waals surface area contributed by atoms with Gasteiger partial charge in [-0.3, -0.25) is 28.8 Å². The summed E-state index contributed by atoms with van der Waals surface area (Å²) in [5, 5.41) is 9.35. The first-order valence-electron chi connectivity index (χ1n) is 21.5. The molecular weight excluding hydrogens is 831 g/mol. The fourth-order valence-corrected chi connectivity index (χ4v) is 8.39. The minimum absolute atomic E-state index is 0.0146. The predicted molar refractivity (Wildman–Crippen MR) is 242 cm³/mol. The molecule has 6 bridgehead atoms. The molecular formula is C49H55N7O9. The lowest BCUT2D eigenvalue weighted by molar-refractivity contribution is -0.149. The first-order chi connectivity index (χ1) is 31.1. The van der Waals surface area contributed by atoms with Crippen LogP contribution in [0.4, 0.5) is 0 Å². The molecule has 0 aliphatic carbocycles. The van der Waals surface area contributed by atoms with Crippen molar-refractivity contribution in [1.29, 1.82) is 0 Å². The van der Waals surface area contributed by atoms with Crippen molar-refractivity contribution in [2.24, 2.45) is 0 Å². The second-order valence-corrected chi connectivity index (χ2v) is 16.7. The molecule has 4 aromatic carbocycles. The van der Waals surface area contributed by atoms with Crippen LogP contribution in [0.1, 0.15) is 36.1 Å². The summed E-state index contributed by atoms with van der Waals surface area (Å²) in [6.07, 6.45) is 1.87. The van der Waals surface area contributed by atoms with E-state index < -0.39 is 71.7 Å². The van der Waals surface area contributed by atoms with E-state index in [1.165, 1.54) is 56.8 Å². The molecule has 16 heteroatoms. The molecule has 3 aliphatic heterocycles. The van der Waals surface area contributed by atoms with Crippen molar-refractivity contribution in [1.82, 2.24) is 35.6 Å². The number of methoxy groups -OCH3 is 2. The van der Waals surface area contributed by atoms with E-state index in [1.807, 2.05) is 24.3 Å². The molecule has 6 atom stereocenters. The van der Waals surface area contributed by atoms with Crippen LogP contribution in [0, 0.1) is 0 Å². The minimum atomic E-state index is -1.22. The van der Waals surface area contributed by atoms with Crippen molar-refractivity contribution in [2.45, 2.75) is 75.8 Å². The number of fused-ring (bicyclic) bond motifs is 3. The Morgan fingerprint density at radius 1 is 0.631 bits per heavy atom. The number of hydrogen-bond acceptors (Lipinski definition) is 9. The first-order valence-corrected chi connectivity index (χ1v) is 21.5. The number of benzene rings is 4. The van der Waals surface area contributed by atoms with Crippen LogP contribution in [0.2, 0.25) is 0 Å². The van der Waals surface area contributed by atoms with E-state index in [0.717, 1.165) is 16.5 Å². The van der Waals surface area contributed by atoms with E-state index in [-0.39, 0.29) is 25.7 Å². The monoisotopic (exact) mass is 885 g/mol. The standard InChI is InChI=1S/C49H55N7O9/c1-28-44(57)53-38(26-33-27-50-37-11-9-8-10-36(33)37)48(61)54(3)39(22-30-12-17-34(63-6)18-13-30)46(59)52-29(2)47(60)56(5)41-23-31-14-19-35(20-15-31)65-43-25-32(16-21-42(43)64-7)24-40(45(58)51-28)55(4)49(41)62/h8-21,25,27-29,38-41,50H,22-24,26H2,1-7H3,(H,51,58)(H,52,59)(H,53,57)/t28-,29+,38-,39+,40+,41+/m1/s1. The van der Waals surface area contributed by atoms with Crippen LogP contribution in [0.15, 0.2) is 97.2 Å². The second kappa shape index (κ2) is 19.6. The van der Waals surface area contributed by atoms with Gasteiger partial charge in [-0.05, 0) is 78.6 Å². The molecule has 0 saturated carbocycles. The summed E-state index contributed by atoms with van der Waals surface area (Å²) in [5.41, 5.74) is 3.56. The molecule has 5 aromatic rings. The van der Waals surface area contributed by atoms with Crippen LogP contribution in [0.3, 0.4) is 0 Å². The average Bonchev–Trinajstić information content (AvgIpc) is 3.72. The molecule has 65 heavy (non-hydrogen) atoms. The number of aromatic amines is 1. The highest BCUT2D eigenvalue weighted by molar-refractivity contribution is 5.98. The Labute approximate surface area is 377 Å². The van der Waals surface area contributed by atoms with Crippen LogP contribution in [-0.4, -0.2) is 127 Å². The number of carbonyl (C=O) groups excluding carboxylic acids is 6. The first kappa shape index (κ1) is 45.7. The Morgan fingerprint density at radius 2 is 1.29 bits per heavy atom. The van der Waals surface area contributed by atoms with Gasteiger partial charge in [0.05, 0.1) is 14.2 Å². The Balaban J connectivity index is 1.31. The molecule has 0 radical (unpaired) electrons. The number of hydrogen-bond donors (Lipinski definition) is 4. The van der Waals surface area contributed by atoms with Crippen LogP contribution < -0.4 is 30.2 Å². The van der Waals surface area contributed by atoms with Crippen molar-refractivity contribution < 1.29 is 43.0 Å². The Hall–Kier alpha value is -7.36. The summed E-state index contributed by atoms with van der Waals surface area (Å²) in [5.74, 6) is -1.74. The zero-order valence-corrected chi connectivity index (χ0v) is 37.5. The summed E-state index contributed by atoms with van der Waals surface area (Å²) in [4.78, 5) is 94.7. The Morgan fingerprint density at radius 3 is 2.00 bits per heavy atom. The molecule has 0 unspecified atom stereocenters. The van der Waals surface area contributed by atoms with Crippen molar-refractivity contribution in [3.05, 3.63) is 119 Å². The molecule has 0 spiro atoms. The van der Waals surface area contributed by atoms with Gasteiger partial charge < -0.3 is 49.8 Å². The van der Waals surface area contributed by atoms with Gasteiger partial charge in [-0.25, -0.2) is 0 Å². The summed E-state index contributed by atoms with van der Waals surface area (Å²) < 4.78 is 17.2. The van der Waals surface area contributed by atoms with E-state index in [0.29, 0.717) is 39.7 Å². The van der Waals surface area contributed by atoms with Crippen molar-refractivity contribution in [3.63, 3.8) is 0 Å². The van der Waals surface area contributed by atoms with Gasteiger partial charge in [-0.15, -0.1) is 0 Å². The fourth-order valence-electron chi connectivity index (χ4n) is 8.39. The second-order valence-electron chi connectivity index (χ2n) is 16.7. The van der Waals surface area contributed by atoms with E-state index in [1.54, 1.807) is 80.0 Å². The van der Waals surface area contributed by atoms with E-state index in [4.69, 9.17) is 14.2 Å². The number of nitrogens with zero attached hydrogens (tertiary/aromatic N) is 3. The van der Waals surface area contributed by atoms with Crippen LogP contribution in [0.5, 0.6) is 23.0 Å². The lowest BCUT2D eigenvalue weighted by atomic mass is 9.98. The predicted octanol–water partition coefficient (Wildman–Crippen LogP) is 3.55. The molecule has 6 amide bonds. The number of aromatic nitrogens is 1. The van der Waals surface area contributed by atoms with Gasteiger partial charge in [0, 0.05) is 63.9 Å². The maximum atomic E-state index is 14.9. The molecule has 1 aromatic heterocycles. The molecule has 4 N–H and O–H groups in total. The SMILES string of the molecule is COc1ccc(C[C@H]2C(=O)N[C@@H](C)C(=O)N(C)[C@H]3Cc4ccc(cc4)Oc4cc(ccc4OC)C[C@@H](C(=O)N[C@H](C)C(=O)N[C@H](Cc4c[nH]c5ccccc45)C(=O)N2C)N(C)C3=O)cc1. The van der Waals surface area contributed by atoms with Crippen molar-refractivity contribution >= 4 is 46.3 Å². The third kappa shape index (κ3) is 10.1. The van der Waals surface area contributed by atoms with Gasteiger partial charge >= 0.3 is 0 Å². The topological polar surface area (TPSA) is 192 Å². The minimum Gasteiger partial charge on any atom is -0.497 e. The largest absolute Gasteiger partial charge is 0.497 e.